The Balaban J connectivity index is 1.74. The van der Waals surface area contributed by atoms with Gasteiger partial charge in [0.15, 0.2) is 11.5 Å². The minimum absolute atomic E-state index is 0.0129. The maximum Gasteiger partial charge on any atom is 0.268 e. The molecule has 11 heteroatoms. The number of sulfone groups is 1. The van der Waals surface area contributed by atoms with Crippen molar-refractivity contribution in [3.05, 3.63) is 64.7 Å². The molecule has 0 aliphatic rings. The lowest BCUT2D eigenvalue weighted by atomic mass is 10.1. The predicted octanol–water partition coefficient (Wildman–Crippen LogP) is 4.41. The fourth-order valence-corrected chi connectivity index (χ4v) is 5.55. The Bertz CT molecular complexity index is 1420. The van der Waals surface area contributed by atoms with Gasteiger partial charge in [0.05, 0.1) is 12.9 Å². The van der Waals surface area contributed by atoms with Gasteiger partial charge in [0.1, 0.15) is 18.2 Å². The fraction of sp³-hybridized carbons (Fsp3) is 0.280. The van der Waals surface area contributed by atoms with Crippen LogP contribution in [0.15, 0.2) is 53.2 Å². The van der Waals surface area contributed by atoms with Gasteiger partial charge in [-0.3, -0.25) is 10.1 Å². The van der Waals surface area contributed by atoms with Crippen LogP contribution in [0.5, 0.6) is 11.5 Å². The number of anilines is 1. The molecule has 0 aliphatic heterocycles. The summed E-state index contributed by atoms with van der Waals surface area (Å²) in [5.74, 6) is 0.0256. The van der Waals surface area contributed by atoms with E-state index < -0.39 is 15.7 Å². The standard InChI is InChI=1S/C25H26N4O5S2/c1-16(2)15-36(31,32)25-28-24(35-29-25)27-23(30)20(13-26)11-18-9-10-21(22(12-18)33-4)34-14-19-8-6-5-7-17(19)3/h5-12,16H,14-15H2,1-4H3,(H,27,28,29,30). The van der Waals surface area contributed by atoms with Crippen molar-refractivity contribution in [3.8, 4) is 17.6 Å². The van der Waals surface area contributed by atoms with Crippen molar-refractivity contribution < 1.29 is 22.7 Å². The molecule has 1 N–H and O–H groups in total. The Morgan fingerprint density at radius 3 is 2.64 bits per heavy atom. The summed E-state index contributed by atoms with van der Waals surface area (Å²) in [5.41, 5.74) is 2.50. The smallest absolute Gasteiger partial charge is 0.268 e. The number of nitriles is 1. The Morgan fingerprint density at radius 1 is 1.22 bits per heavy atom. The maximum absolute atomic E-state index is 12.6. The van der Waals surface area contributed by atoms with E-state index in [0.717, 1.165) is 22.7 Å². The highest BCUT2D eigenvalue weighted by Gasteiger charge is 2.23. The van der Waals surface area contributed by atoms with E-state index in [0.29, 0.717) is 23.7 Å². The highest BCUT2D eigenvalue weighted by atomic mass is 32.2. The topological polar surface area (TPSA) is 131 Å². The van der Waals surface area contributed by atoms with Crippen molar-refractivity contribution in [1.82, 2.24) is 9.36 Å². The van der Waals surface area contributed by atoms with E-state index in [4.69, 9.17) is 9.47 Å². The highest BCUT2D eigenvalue weighted by molar-refractivity contribution is 7.91. The number of ether oxygens (including phenoxy) is 2. The van der Waals surface area contributed by atoms with E-state index in [1.807, 2.05) is 37.3 Å². The molecule has 0 saturated heterocycles. The van der Waals surface area contributed by atoms with Gasteiger partial charge in [-0.15, -0.1) is 0 Å². The van der Waals surface area contributed by atoms with Crippen LogP contribution >= 0.6 is 11.5 Å². The Kier molecular flexibility index (Phi) is 8.79. The number of carbonyl (C=O) groups is 1. The van der Waals surface area contributed by atoms with E-state index in [1.54, 1.807) is 32.0 Å². The van der Waals surface area contributed by atoms with Gasteiger partial charge in [0.25, 0.3) is 11.1 Å². The Morgan fingerprint density at radius 2 is 1.97 bits per heavy atom. The molecule has 0 atom stereocenters. The van der Waals surface area contributed by atoms with Gasteiger partial charge in [-0.2, -0.15) is 14.6 Å². The highest BCUT2D eigenvalue weighted by Crippen LogP contribution is 2.30. The summed E-state index contributed by atoms with van der Waals surface area (Å²) in [4.78, 5) is 16.5. The van der Waals surface area contributed by atoms with E-state index in [2.05, 4.69) is 14.7 Å². The van der Waals surface area contributed by atoms with E-state index in [9.17, 15) is 18.5 Å². The van der Waals surface area contributed by atoms with Gasteiger partial charge in [-0.05, 0) is 47.7 Å². The van der Waals surface area contributed by atoms with Gasteiger partial charge in [0.2, 0.25) is 15.0 Å². The van der Waals surface area contributed by atoms with Crippen molar-refractivity contribution in [2.24, 2.45) is 5.92 Å². The zero-order chi connectivity index (χ0) is 26.3. The second-order valence-electron chi connectivity index (χ2n) is 8.31. The summed E-state index contributed by atoms with van der Waals surface area (Å²) in [6.07, 6.45) is 1.39. The van der Waals surface area contributed by atoms with Gasteiger partial charge < -0.3 is 9.47 Å². The van der Waals surface area contributed by atoms with Crippen LogP contribution < -0.4 is 14.8 Å². The third-order valence-corrected chi connectivity index (χ3v) is 7.56. The number of amides is 1. The largest absolute Gasteiger partial charge is 0.493 e. The molecule has 36 heavy (non-hydrogen) atoms. The van der Waals surface area contributed by atoms with Gasteiger partial charge in [-0.1, -0.05) is 44.2 Å². The van der Waals surface area contributed by atoms with Crippen LogP contribution in [-0.2, 0) is 21.2 Å². The quantitative estimate of drug-likeness (QED) is 0.304. The molecule has 2 aromatic carbocycles. The third-order valence-electron chi connectivity index (χ3n) is 4.97. The number of hydrogen-bond donors (Lipinski definition) is 1. The van der Waals surface area contributed by atoms with Gasteiger partial charge >= 0.3 is 0 Å². The monoisotopic (exact) mass is 526 g/mol. The molecule has 0 bridgehead atoms. The zero-order valence-electron chi connectivity index (χ0n) is 20.3. The first-order valence-electron chi connectivity index (χ1n) is 11.0. The molecule has 0 saturated carbocycles. The van der Waals surface area contributed by atoms with Crippen LogP contribution in [0.1, 0.15) is 30.5 Å². The van der Waals surface area contributed by atoms with E-state index >= 15 is 0 Å². The minimum Gasteiger partial charge on any atom is -0.493 e. The number of aromatic nitrogens is 2. The third kappa shape index (κ3) is 6.90. The van der Waals surface area contributed by atoms with Crippen LogP contribution in [0.4, 0.5) is 5.13 Å². The van der Waals surface area contributed by atoms with Gasteiger partial charge in [0, 0.05) is 11.5 Å². The van der Waals surface area contributed by atoms with Crippen molar-refractivity contribution >= 4 is 38.5 Å². The molecular formula is C25H26N4O5S2. The Labute approximate surface area is 214 Å². The van der Waals surface area contributed by atoms with Crippen molar-refractivity contribution in [3.63, 3.8) is 0 Å². The molecular weight excluding hydrogens is 500 g/mol. The molecule has 188 valence electrons. The molecule has 1 heterocycles. The minimum atomic E-state index is -3.65. The number of nitrogens with zero attached hydrogens (tertiary/aromatic N) is 3. The molecule has 3 rings (SSSR count). The number of carbonyl (C=O) groups excluding carboxylic acids is 1. The summed E-state index contributed by atoms with van der Waals surface area (Å²) in [6.45, 7) is 5.91. The SMILES string of the molecule is COc1cc(C=C(C#N)C(=O)Nc2nc(S(=O)(=O)CC(C)C)ns2)ccc1OCc1ccccc1C. The summed E-state index contributed by atoms with van der Waals surface area (Å²) in [6, 6.07) is 14.8. The van der Waals surface area contributed by atoms with E-state index in [-0.39, 0.29) is 27.5 Å². The molecule has 0 radical (unpaired) electrons. The molecule has 9 nitrogen and oxygen atoms in total. The maximum atomic E-state index is 12.6. The lowest BCUT2D eigenvalue weighted by Gasteiger charge is -2.12. The number of nitrogens with one attached hydrogen (secondary N) is 1. The van der Waals surface area contributed by atoms with Crippen molar-refractivity contribution in [1.29, 1.82) is 5.26 Å². The number of hydrogen-bond acceptors (Lipinski definition) is 9. The molecule has 1 aromatic heterocycles. The lowest BCUT2D eigenvalue weighted by Crippen LogP contribution is -2.15. The second-order valence-corrected chi connectivity index (χ2v) is 11.0. The first-order valence-corrected chi connectivity index (χ1v) is 13.4. The molecule has 0 unspecified atom stereocenters. The molecule has 0 aliphatic carbocycles. The number of benzene rings is 2. The molecule has 0 spiro atoms. The number of aryl methyl sites for hydroxylation is 1. The molecule has 0 fully saturated rings. The summed E-state index contributed by atoms with van der Waals surface area (Å²) < 4.78 is 39.7. The first-order chi connectivity index (χ1) is 17.1. The average Bonchev–Trinajstić information content (AvgIpc) is 3.31. The van der Waals surface area contributed by atoms with Crippen LogP contribution in [-0.4, -0.2) is 36.5 Å². The molecule has 1 amide bonds. The van der Waals surface area contributed by atoms with Crippen LogP contribution in [0.3, 0.4) is 0 Å². The van der Waals surface area contributed by atoms with Crippen molar-refractivity contribution in [2.75, 3.05) is 18.2 Å². The summed E-state index contributed by atoms with van der Waals surface area (Å²) >= 11 is 0.733. The average molecular weight is 527 g/mol. The lowest BCUT2D eigenvalue weighted by molar-refractivity contribution is -0.112. The van der Waals surface area contributed by atoms with E-state index in [1.165, 1.54) is 13.2 Å². The summed E-state index contributed by atoms with van der Waals surface area (Å²) in [7, 11) is -2.15. The first kappa shape index (κ1) is 26.8. The zero-order valence-corrected chi connectivity index (χ0v) is 21.9. The van der Waals surface area contributed by atoms with Crippen LogP contribution in [0.25, 0.3) is 6.08 Å². The number of rotatable bonds is 10. The predicted molar refractivity (Wildman–Crippen MR) is 138 cm³/mol. The Hall–Kier alpha value is -3.75. The summed E-state index contributed by atoms with van der Waals surface area (Å²) in [5, 5.41) is 11.6. The molecule has 3 aromatic rings. The van der Waals surface area contributed by atoms with Crippen LogP contribution in [0, 0.1) is 24.2 Å². The fourth-order valence-electron chi connectivity index (χ4n) is 3.20. The van der Waals surface area contributed by atoms with Crippen molar-refractivity contribution in [2.45, 2.75) is 32.5 Å². The van der Waals surface area contributed by atoms with Gasteiger partial charge in [-0.25, -0.2) is 8.42 Å². The second kappa shape index (κ2) is 11.8. The number of methoxy groups -OCH3 is 1. The normalized spacial score (nSPS) is 11.7. The van der Waals surface area contributed by atoms with Crippen LogP contribution in [0.2, 0.25) is 0 Å².